The van der Waals surface area contributed by atoms with Gasteiger partial charge < -0.3 is 16.0 Å². The third kappa shape index (κ3) is 3.43. The first-order chi connectivity index (χ1) is 9.10. The Morgan fingerprint density at radius 1 is 1.42 bits per heavy atom. The van der Waals surface area contributed by atoms with Crippen molar-refractivity contribution in [3.8, 4) is 0 Å². The van der Waals surface area contributed by atoms with Crippen molar-refractivity contribution >= 4 is 5.69 Å². The minimum atomic E-state index is 0.502. The van der Waals surface area contributed by atoms with Crippen LogP contribution >= 0.6 is 0 Å². The van der Waals surface area contributed by atoms with E-state index in [1.54, 1.807) is 0 Å². The van der Waals surface area contributed by atoms with Crippen molar-refractivity contribution in [2.45, 2.75) is 26.7 Å². The molecule has 0 amide bonds. The summed E-state index contributed by atoms with van der Waals surface area (Å²) in [6, 6.07) is 8.87. The number of hydrogen-bond acceptors (Lipinski definition) is 3. The number of nitrogens with one attached hydrogen (secondary N) is 1. The van der Waals surface area contributed by atoms with Gasteiger partial charge in [-0.2, -0.15) is 0 Å². The molecular weight excluding hydrogens is 234 g/mol. The fourth-order valence-corrected chi connectivity index (χ4v) is 2.52. The van der Waals surface area contributed by atoms with Gasteiger partial charge in [-0.15, -0.1) is 0 Å². The lowest BCUT2D eigenvalue weighted by Crippen LogP contribution is -2.30. The quantitative estimate of drug-likeness (QED) is 0.854. The highest BCUT2D eigenvalue weighted by Gasteiger charge is 2.17. The van der Waals surface area contributed by atoms with Crippen molar-refractivity contribution in [2.24, 2.45) is 11.7 Å². The molecule has 3 nitrogen and oxygen atoms in total. The van der Waals surface area contributed by atoms with Crippen LogP contribution in [0.25, 0.3) is 0 Å². The van der Waals surface area contributed by atoms with E-state index < -0.39 is 0 Å². The Hall–Kier alpha value is -1.64. The number of rotatable bonds is 5. The molecule has 104 valence electrons. The van der Waals surface area contributed by atoms with Crippen LogP contribution in [-0.2, 0) is 0 Å². The van der Waals surface area contributed by atoms with Crippen LogP contribution in [0.1, 0.15) is 32.3 Å². The molecule has 1 aliphatic rings. The summed E-state index contributed by atoms with van der Waals surface area (Å²) in [7, 11) is 0. The van der Waals surface area contributed by atoms with Crippen molar-refractivity contribution in [1.29, 1.82) is 0 Å². The minimum absolute atomic E-state index is 0.502. The molecular formula is C16H25N3. The molecule has 3 N–H and O–H groups in total. The molecule has 0 radical (unpaired) electrons. The maximum Gasteiger partial charge on any atom is 0.0923 e. The molecule has 1 atom stereocenters. The molecule has 0 spiro atoms. The molecule has 0 saturated carbocycles. The third-order valence-corrected chi connectivity index (χ3v) is 3.72. The highest BCUT2D eigenvalue weighted by molar-refractivity contribution is 5.49. The summed E-state index contributed by atoms with van der Waals surface area (Å²) in [6.07, 6.45) is 2.13. The van der Waals surface area contributed by atoms with Gasteiger partial charge >= 0.3 is 0 Å². The fourth-order valence-electron chi connectivity index (χ4n) is 2.52. The first-order valence-corrected chi connectivity index (χ1v) is 7.16. The van der Waals surface area contributed by atoms with Gasteiger partial charge in [0, 0.05) is 31.2 Å². The Bertz CT molecular complexity index is 451. The van der Waals surface area contributed by atoms with Gasteiger partial charge in [-0.3, -0.25) is 0 Å². The first-order valence-electron chi connectivity index (χ1n) is 7.16. The lowest BCUT2D eigenvalue weighted by Gasteiger charge is -2.26. The van der Waals surface area contributed by atoms with Crippen molar-refractivity contribution in [3.63, 3.8) is 0 Å². The van der Waals surface area contributed by atoms with Crippen LogP contribution in [0.15, 0.2) is 36.2 Å². The molecule has 0 saturated heterocycles. The van der Waals surface area contributed by atoms with Crippen molar-refractivity contribution in [2.75, 3.05) is 24.5 Å². The van der Waals surface area contributed by atoms with Gasteiger partial charge in [0.2, 0.25) is 0 Å². The SMILES string of the molecule is CCN(C[C@H]1C=C(N)NC1)c1cccc(C(C)C)c1. The van der Waals surface area contributed by atoms with Gasteiger partial charge in [0.25, 0.3) is 0 Å². The number of anilines is 1. The normalized spacial score (nSPS) is 18.3. The van der Waals surface area contributed by atoms with Gasteiger partial charge in [-0.25, -0.2) is 0 Å². The van der Waals surface area contributed by atoms with Crippen molar-refractivity contribution in [3.05, 3.63) is 41.7 Å². The molecule has 1 aliphatic heterocycles. The van der Waals surface area contributed by atoms with Gasteiger partial charge in [-0.05, 0) is 36.6 Å². The molecule has 1 aromatic carbocycles. The zero-order valence-corrected chi connectivity index (χ0v) is 12.2. The van der Waals surface area contributed by atoms with Gasteiger partial charge in [0.05, 0.1) is 5.82 Å². The second kappa shape index (κ2) is 6.00. The van der Waals surface area contributed by atoms with E-state index in [4.69, 9.17) is 5.73 Å². The zero-order valence-electron chi connectivity index (χ0n) is 12.2. The zero-order chi connectivity index (χ0) is 13.8. The summed E-state index contributed by atoms with van der Waals surface area (Å²) < 4.78 is 0. The van der Waals surface area contributed by atoms with Crippen LogP contribution in [0.2, 0.25) is 0 Å². The number of nitrogens with zero attached hydrogens (tertiary/aromatic N) is 1. The summed E-state index contributed by atoms with van der Waals surface area (Å²) in [4.78, 5) is 2.42. The van der Waals surface area contributed by atoms with Crippen LogP contribution in [0, 0.1) is 5.92 Å². The highest BCUT2D eigenvalue weighted by atomic mass is 15.1. The molecule has 1 heterocycles. The second-order valence-electron chi connectivity index (χ2n) is 5.55. The van der Waals surface area contributed by atoms with Crippen LogP contribution in [-0.4, -0.2) is 19.6 Å². The lowest BCUT2D eigenvalue weighted by atomic mass is 10.0. The number of benzene rings is 1. The van der Waals surface area contributed by atoms with E-state index in [1.807, 2.05) is 0 Å². The topological polar surface area (TPSA) is 41.3 Å². The van der Waals surface area contributed by atoms with Crippen LogP contribution < -0.4 is 16.0 Å². The van der Waals surface area contributed by atoms with Crippen LogP contribution in [0.3, 0.4) is 0 Å². The molecule has 1 aromatic rings. The Morgan fingerprint density at radius 2 is 2.21 bits per heavy atom. The Labute approximate surface area is 116 Å². The number of nitrogens with two attached hydrogens (primary N) is 1. The first kappa shape index (κ1) is 13.8. The minimum Gasteiger partial charge on any atom is -0.386 e. The van der Waals surface area contributed by atoms with E-state index >= 15 is 0 Å². The molecule has 0 bridgehead atoms. The number of hydrogen-bond donors (Lipinski definition) is 2. The molecule has 2 rings (SSSR count). The predicted octanol–water partition coefficient (Wildman–Crippen LogP) is 2.66. The van der Waals surface area contributed by atoms with Gasteiger partial charge in [-0.1, -0.05) is 26.0 Å². The molecule has 19 heavy (non-hydrogen) atoms. The van der Waals surface area contributed by atoms with E-state index in [-0.39, 0.29) is 0 Å². The fraction of sp³-hybridized carbons (Fsp3) is 0.500. The summed E-state index contributed by atoms with van der Waals surface area (Å²) >= 11 is 0. The maximum absolute atomic E-state index is 5.78. The summed E-state index contributed by atoms with van der Waals surface area (Å²) in [6.45, 7) is 9.67. The average Bonchev–Trinajstić information content (AvgIpc) is 2.81. The molecule has 3 heteroatoms. The van der Waals surface area contributed by atoms with Crippen molar-refractivity contribution < 1.29 is 0 Å². The summed E-state index contributed by atoms with van der Waals surface area (Å²) in [5.74, 6) is 1.89. The third-order valence-electron chi connectivity index (χ3n) is 3.72. The summed E-state index contributed by atoms with van der Waals surface area (Å²) in [5, 5.41) is 3.19. The summed E-state index contributed by atoms with van der Waals surface area (Å²) in [5.41, 5.74) is 8.49. The second-order valence-corrected chi connectivity index (χ2v) is 5.55. The largest absolute Gasteiger partial charge is 0.386 e. The molecule has 0 aliphatic carbocycles. The van der Waals surface area contributed by atoms with E-state index in [0.717, 1.165) is 25.5 Å². The maximum atomic E-state index is 5.78. The molecule has 0 fully saturated rings. The Kier molecular flexibility index (Phi) is 4.35. The lowest BCUT2D eigenvalue weighted by molar-refractivity contribution is 0.623. The standard InChI is InChI=1S/C16H25N3/c1-4-19(11-13-8-16(17)18-10-13)15-7-5-6-14(9-15)12(2)3/h5-9,12-13,18H,4,10-11,17H2,1-3H3/t13-/m0/s1. The molecule has 0 aromatic heterocycles. The monoisotopic (exact) mass is 259 g/mol. The van der Waals surface area contributed by atoms with Crippen molar-refractivity contribution in [1.82, 2.24) is 5.32 Å². The predicted molar refractivity (Wildman–Crippen MR) is 82.2 cm³/mol. The Balaban J connectivity index is 2.10. The Morgan fingerprint density at radius 3 is 2.79 bits per heavy atom. The van der Waals surface area contributed by atoms with E-state index in [2.05, 4.69) is 61.3 Å². The van der Waals surface area contributed by atoms with Crippen LogP contribution in [0.4, 0.5) is 5.69 Å². The smallest absolute Gasteiger partial charge is 0.0923 e. The van der Waals surface area contributed by atoms with E-state index in [0.29, 0.717) is 11.8 Å². The van der Waals surface area contributed by atoms with Gasteiger partial charge in [0.1, 0.15) is 0 Å². The average molecular weight is 259 g/mol. The molecule has 0 unspecified atom stereocenters. The van der Waals surface area contributed by atoms with Gasteiger partial charge in [0.15, 0.2) is 0 Å². The van der Waals surface area contributed by atoms with Crippen LogP contribution in [0.5, 0.6) is 0 Å². The highest BCUT2D eigenvalue weighted by Crippen LogP contribution is 2.23. The van der Waals surface area contributed by atoms with E-state index in [9.17, 15) is 0 Å². The van der Waals surface area contributed by atoms with E-state index in [1.165, 1.54) is 11.3 Å².